The Morgan fingerprint density at radius 1 is 1.09 bits per heavy atom. The second kappa shape index (κ2) is 7.51. The lowest BCUT2D eigenvalue weighted by atomic mass is 9.41. The number of fused-ring (bicyclic) bond motifs is 5. The van der Waals surface area contributed by atoms with E-state index in [-0.39, 0.29) is 41.9 Å². The molecule has 4 aliphatic rings. The smallest absolute Gasteiger partial charge is 0.335 e. The van der Waals surface area contributed by atoms with Crippen molar-refractivity contribution in [3.63, 3.8) is 0 Å². The van der Waals surface area contributed by atoms with Gasteiger partial charge in [-0.2, -0.15) is 0 Å². The number of carbonyl (C=O) groups excluding carboxylic acids is 2. The van der Waals surface area contributed by atoms with E-state index in [1.165, 1.54) is 19.3 Å². The molecular formula is C26H34O7. The summed E-state index contributed by atoms with van der Waals surface area (Å²) in [5, 5.41) is 24.0. The van der Waals surface area contributed by atoms with Crippen LogP contribution in [0.25, 0.3) is 0 Å². The lowest BCUT2D eigenvalue weighted by Crippen LogP contribution is -2.68. The molecule has 5 rings (SSSR count). The number of hydrogen-bond donors (Lipinski definition) is 2. The molecule has 0 amide bonds. The van der Waals surface area contributed by atoms with E-state index in [0.29, 0.717) is 32.1 Å². The van der Waals surface area contributed by atoms with E-state index in [4.69, 9.17) is 9.15 Å². The van der Waals surface area contributed by atoms with E-state index in [1.807, 2.05) is 6.07 Å². The Hall–Kier alpha value is -1.99. The first-order chi connectivity index (χ1) is 15.6. The van der Waals surface area contributed by atoms with Gasteiger partial charge in [-0.25, -0.2) is 4.79 Å². The minimum Gasteiger partial charge on any atom is -0.462 e. The third kappa shape index (κ3) is 3.04. The summed E-state index contributed by atoms with van der Waals surface area (Å²) in [7, 11) is 0. The van der Waals surface area contributed by atoms with E-state index in [0.717, 1.165) is 31.1 Å². The van der Waals surface area contributed by atoms with Crippen LogP contribution >= 0.6 is 0 Å². The van der Waals surface area contributed by atoms with E-state index >= 15 is 0 Å². The highest BCUT2D eigenvalue weighted by Gasteiger charge is 2.71. The van der Waals surface area contributed by atoms with Crippen LogP contribution in [0.1, 0.15) is 83.1 Å². The minimum atomic E-state index is -1.22. The zero-order valence-electron chi connectivity index (χ0n) is 19.4. The molecule has 1 heterocycles. The molecule has 4 saturated carbocycles. The molecule has 0 bridgehead atoms. The monoisotopic (exact) mass is 458 g/mol. The predicted octanol–water partition coefficient (Wildman–Crippen LogP) is 3.11. The highest BCUT2D eigenvalue weighted by molar-refractivity contribution is 5.67. The molecule has 7 heteroatoms. The summed E-state index contributed by atoms with van der Waals surface area (Å²) in [4.78, 5) is 35.7. The highest BCUT2D eigenvalue weighted by atomic mass is 16.5. The van der Waals surface area contributed by atoms with Gasteiger partial charge in [0, 0.05) is 24.8 Å². The molecular weight excluding hydrogens is 424 g/mol. The quantitative estimate of drug-likeness (QED) is 0.528. The van der Waals surface area contributed by atoms with E-state index in [9.17, 15) is 24.6 Å². The Bertz CT molecular complexity index is 998. The number of aliphatic hydroxyl groups is 2. The molecule has 33 heavy (non-hydrogen) atoms. The molecule has 4 fully saturated rings. The normalized spacial score (nSPS) is 46.5. The van der Waals surface area contributed by atoms with Gasteiger partial charge >= 0.3 is 11.6 Å². The molecule has 180 valence electrons. The Labute approximate surface area is 193 Å². The number of hydrogen-bond acceptors (Lipinski definition) is 7. The van der Waals surface area contributed by atoms with Crippen LogP contribution in [0.3, 0.4) is 0 Å². The van der Waals surface area contributed by atoms with Crippen LogP contribution in [-0.2, 0) is 14.3 Å². The molecule has 0 radical (unpaired) electrons. The van der Waals surface area contributed by atoms with Gasteiger partial charge < -0.3 is 24.2 Å². The topological polar surface area (TPSA) is 114 Å². The second-order valence-corrected chi connectivity index (χ2v) is 11.3. The maximum absolute atomic E-state index is 12.7. The summed E-state index contributed by atoms with van der Waals surface area (Å²) in [6, 6.07) is 3.24. The van der Waals surface area contributed by atoms with Gasteiger partial charge in [-0.05, 0) is 80.8 Å². The molecule has 8 atom stereocenters. The van der Waals surface area contributed by atoms with Crippen molar-refractivity contribution >= 4 is 12.3 Å². The van der Waals surface area contributed by atoms with Crippen LogP contribution in [0.2, 0.25) is 0 Å². The van der Waals surface area contributed by atoms with E-state index in [2.05, 4.69) is 6.92 Å². The Balaban J connectivity index is 1.47. The molecule has 2 N–H and O–H groups in total. The summed E-state index contributed by atoms with van der Waals surface area (Å²) in [6.07, 6.45) is 7.32. The third-order valence-electron chi connectivity index (χ3n) is 10.2. The van der Waals surface area contributed by atoms with Gasteiger partial charge in [0.2, 0.25) is 0 Å². The zero-order chi connectivity index (χ0) is 23.6. The van der Waals surface area contributed by atoms with Crippen LogP contribution in [0.4, 0.5) is 0 Å². The van der Waals surface area contributed by atoms with Gasteiger partial charge in [-0.3, -0.25) is 4.79 Å². The Kier molecular flexibility index (Phi) is 5.18. The van der Waals surface area contributed by atoms with E-state index < -0.39 is 22.0 Å². The number of carbonyl (C=O) groups is 2. The predicted molar refractivity (Wildman–Crippen MR) is 118 cm³/mol. The highest BCUT2D eigenvalue weighted by Crippen LogP contribution is 2.71. The fraction of sp³-hybridized carbons (Fsp3) is 0.731. The van der Waals surface area contributed by atoms with Crippen molar-refractivity contribution in [1.29, 1.82) is 0 Å². The average Bonchev–Trinajstić information content (AvgIpc) is 3.04. The Morgan fingerprint density at radius 2 is 1.85 bits per heavy atom. The van der Waals surface area contributed by atoms with Crippen LogP contribution in [-0.4, -0.2) is 39.8 Å². The van der Waals surface area contributed by atoms with Gasteiger partial charge in [0.25, 0.3) is 0 Å². The third-order valence-corrected chi connectivity index (χ3v) is 10.2. The zero-order valence-corrected chi connectivity index (χ0v) is 19.4. The molecule has 0 saturated heterocycles. The van der Waals surface area contributed by atoms with Crippen molar-refractivity contribution < 1.29 is 29.0 Å². The average molecular weight is 459 g/mol. The van der Waals surface area contributed by atoms with Crippen molar-refractivity contribution in [3.05, 3.63) is 34.4 Å². The molecule has 4 aliphatic carbocycles. The number of rotatable bonds is 3. The minimum absolute atomic E-state index is 0.0699. The molecule has 1 aromatic heterocycles. The standard InChI is InChI=1S/C26H34O7/c1-16(28)33-18-5-10-24(15-27)20-6-9-23(2)19(17-3-4-22(29)32-14-17)8-12-26(23,31)21(20)7-11-25(24,30)13-18/h3-4,14-15,18-21,30-31H,5-13H2,1-2H3/t18-,19+,20-,21-,23+,24-,25-,26-/m0/s1. The van der Waals surface area contributed by atoms with Crippen molar-refractivity contribution in [2.24, 2.45) is 22.7 Å². The molecule has 0 aromatic carbocycles. The Morgan fingerprint density at radius 3 is 2.52 bits per heavy atom. The summed E-state index contributed by atoms with van der Waals surface area (Å²) in [5.74, 6) is -0.502. The summed E-state index contributed by atoms with van der Waals surface area (Å²) in [5.41, 5.74) is -2.96. The fourth-order valence-electron chi connectivity index (χ4n) is 8.57. The first-order valence-corrected chi connectivity index (χ1v) is 12.3. The molecule has 0 unspecified atom stereocenters. The second-order valence-electron chi connectivity index (χ2n) is 11.3. The largest absolute Gasteiger partial charge is 0.462 e. The van der Waals surface area contributed by atoms with Crippen molar-refractivity contribution in [2.45, 2.75) is 94.9 Å². The van der Waals surface area contributed by atoms with Gasteiger partial charge in [0.05, 0.1) is 22.9 Å². The lowest BCUT2D eigenvalue weighted by molar-refractivity contribution is -0.248. The molecule has 7 nitrogen and oxygen atoms in total. The SMILES string of the molecule is CC(=O)O[C@H]1CC[C@]2(C=O)[C@H]3CC[C@]4(C)[C@@H](c5ccc(=O)oc5)CC[C@]4(O)[C@H]3CC[C@]2(O)C1. The van der Waals surface area contributed by atoms with Gasteiger partial charge in [-0.15, -0.1) is 0 Å². The van der Waals surface area contributed by atoms with E-state index in [1.54, 1.807) is 0 Å². The van der Waals surface area contributed by atoms with Gasteiger partial charge in [0.1, 0.15) is 12.4 Å². The first-order valence-electron chi connectivity index (χ1n) is 12.3. The van der Waals surface area contributed by atoms with Crippen LogP contribution in [0.5, 0.6) is 0 Å². The first kappa shape index (κ1) is 22.8. The van der Waals surface area contributed by atoms with Crippen LogP contribution in [0, 0.1) is 22.7 Å². The molecule has 1 aromatic rings. The van der Waals surface area contributed by atoms with Gasteiger partial charge in [0.15, 0.2) is 0 Å². The van der Waals surface area contributed by atoms with Crippen LogP contribution in [0.15, 0.2) is 27.6 Å². The summed E-state index contributed by atoms with van der Waals surface area (Å²) >= 11 is 0. The van der Waals surface area contributed by atoms with Crippen molar-refractivity contribution in [1.82, 2.24) is 0 Å². The van der Waals surface area contributed by atoms with Gasteiger partial charge in [-0.1, -0.05) is 6.92 Å². The summed E-state index contributed by atoms with van der Waals surface area (Å²) in [6.45, 7) is 3.51. The van der Waals surface area contributed by atoms with Crippen molar-refractivity contribution in [3.8, 4) is 0 Å². The number of ether oxygens (including phenoxy) is 1. The number of esters is 1. The van der Waals surface area contributed by atoms with Crippen molar-refractivity contribution in [2.75, 3.05) is 0 Å². The lowest BCUT2D eigenvalue weighted by Gasteiger charge is -2.65. The molecule has 0 spiro atoms. The fourth-order valence-corrected chi connectivity index (χ4v) is 8.57. The maximum Gasteiger partial charge on any atom is 0.335 e. The summed E-state index contributed by atoms with van der Waals surface area (Å²) < 4.78 is 10.5. The van der Waals surface area contributed by atoms with Crippen LogP contribution < -0.4 is 5.63 Å². The maximum atomic E-state index is 12.7. The number of aldehydes is 1. The molecule has 0 aliphatic heterocycles.